The highest BCUT2D eigenvalue weighted by atomic mass is 16.6. The second-order valence-corrected chi connectivity index (χ2v) is 4.51. The van der Waals surface area contributed by atoms with Crippen molar-refractivity contribution in [1.82, 2.24) is 4.90 Å². The van der Waals surface area contributed by atoms with Gasteiger partial charge < -0.3 is 15.1 Å². The zero-order valence-corrected chi connectivity index (χ0v) is 10.3. The van der Waals surface area contributed by atoms with Crippen LogP contribution in [0.5, 0.6) is 0 Å². The number of aliphatic carboxylic acids is 1. The lowest BCUT2D eigenvalue weighted by Gasteiger charge is -2.21. The van der Waals surface area contributed by atoms with Crippen LogP contribution in [-0.4, -0.2) is 50.6 Å². The summed E-state index contributed by atoms with van der Waals surface area (Å²) in [5, 5.41) is 29.2. The van der Waals surface area contributed by atoms with Crippen molar-refractivity contribution in [3.8, 4) is 0 Å². The number of aliphatic hydroxyl groups excluding tert-OH is 1. The largest absolute Gasteiger partial charge is 0.480 e. The van der Waals surface area contributed by atoms with E-state index in [1.54, 1.807) is 0 Å². The number of nitrogens with zero attached hydrogens (tertiary/aromatic N) is 2. The van der Waals surface area contributed by atoms with E-state index in [2.05, 4.69) is 0 Å². The molecule has 106 valence electrons. The van der Waals surface area contributed by atoms with Crippen molar-refractivity contribution in [2.45, 2.75) is 18.6 Å². The number of non-ortho nitro benzene ring substituents is 1. The van der Waals surface area contributed by atoms with Crippen molar-refractivity contribution in [2.75, 3.05) is 6.54 Å². The number of likely N-dealkylation sites (tertiary alicyclic amines) is 1. The standard InChI is InChI=1S/C12H12N2O6/c15-9-5-10(12(17)18)13(6-9)11(16)7-2-1-3-8(4-7)14(19)20/h1-4,9-10,15H,5-6H2,(H,17,18)/t9-,10+/m1/s1. The molecule has 0 aliphatic carbocycles. The number of benzene rings is 1. The van der Waals surface area contributed by atoms with E-state index in [0.29, 0.717) is 0 Å². The third kappa shape index (κ3) is 2.59. The number of carbonyl (C=O) groups is 2. The molecule has 1 heterocycles. The first-order valence-electron chi connectivity index (χ1n) is 5.86. The minimum Gasteiger partial charge on any atom is -0.480 e. The van der Waals surface area contributed by atoms with E-state index in [4.69, 9.17) is 5.11 Å². The molecule has 2 atom stereocenters. The normalized spacial score (nSPS) is 21.8. The molecule has 2 rings (SSSR count). The minimum atomic E-state index is -1.21. The monoisotopic (exact) mass is 280 g/mol. The van der Waals surface area contributed by atoms with E-state index in [1.165, 1.54) is 18.2 Å². The van der Waals surface area contributed by atoms with Crippen LogP contribution >= 0.6 is 0 Å². The number of carboxylic acid groups (broad SMARTS) is 1. The van der Waals surface area contributed by atoms with E-state index >= 15 is 0 Å². The average molecular weight is 280 g/mol. The summed E-state index contributed by atoms with van der Waals surface area (Å²) in [6, 6.07) is 3.94. The molecule has 2 N–H and O–H groups in total. The summed E-state index contributed by atoms with van der Waals surface area (Å²) >= 11 is 0. The van der Waals surface area contributed by atoms with Gasteiger partial charge in [0.05, 0.1) is 11.0 Å². The number of nitro groups is 1. The van der Waals surface area contributed by atoms with Crippen molar-refractivity contribution in [3.05, 3.63) is 39.9 Å². The van der Waals surface area contributed by atoms with Gasteiger partial charge in [0, 0.05) is 30.7 Å². The first-order chi connectivity index (χ1) is 9.40. The second-order valence-electron chi connectivity index (χ2n) is 4.51. The molecule has 1 aromatic carbocycles. The van der Waals surface area contributed by atoms with Gasteiger partial charge in [0.2, 0.25) is 0 Å². The van der Waals surface area contributed by atoms with Gasteiger partial charge in [-0.05, 0) is 6.07 Å². The highest BCUT2D eigenvalue weighted by molar-refractivity contribution is 5.97. The molecular weight excluding hydrogens is 268 g/mol. The molecule has 1 fully saturated rings. The summed E-state index contributed by atoms with van der Waals surface area (Å²) in [5.74, 6) is -1.85. The van der Waals surface area contributed by atoms with Gasteiger partial charge in [-0.15, -0.1) is 0 Å². The Bertz CT molecular complexity index is 573. The third-order valence-corrected chi connectivity index (χ3v) is 3.13. The van der Waals surface area contributed by atoms with Gasteiger partial charge in [0.1, 0.15) is 6.04 Å². The molecule has 0 bridgehead atoms. The molecule has 20 heavy (non-hydrogen) atoms. The Hall–Kier alpha value is -2.48. The highest BCUT2D eigenvalue weighted by Crippen LogP contribution is 2.22. The molecule has 0 unspecified atom stereocenters. The Morgan fingerprint density at radius 2 is 2.10 bits per heavy atom. The Kier molecular flexibility index (Phi) is 3.66. The van der Waals surface area contributed by atoms with Crippen molar-refractivity contribution < 1.29 is 24.7 Å². The van der Waals surface area contributed by atoms with Gasteiger partial charge in [-0.2, -0.15) is 0 Å². The predicted octanol–water partition coefficient (Wildman–Crippen LogP) is 0.255. The van der Waals surface area contributed by atoms with Crippen LogP contribution in [0.4, 0.5) is 5.69 Å². The fourth-order valence-corrected chi connectivity index (χ4v) is 2.19. The molecule has 1 aliphatic rings. The number of amides is 1. The van der Waals surface area contributed by atoms with Crippen LogP contribution in [-0.2, 0) is 4.79 Å². The molecule has 1 aliphatic heterocycles. The number of β-amino-alcohol motifs (C(OH)–C–C–N with tert-alkyl or cyclic N) is 1. The quantitative estimate of drug-likeness (QED) is 0.605. The van der Waals surface area contributed by atoms with E-state index < -0.39 is 28.9 Å². The fourth-order valence-electron chi connectivity index (χ4n) is 2.19. The number of carbonyl (C=O) groups excluding carboxylic acids is 1. The number of rotatable bonds is 3. The van der Waals surface area contributed by atoms with Crippen LogP contribution in [0.2, 0.25) is 0 Å². The minimum absolute atomic E-state index is 0.0274. The molecule has 0 aromatic heterocycles. The summed E-state index contributed by atoms with van der Waals surface area (Å²) in [7, 11) is 0. The molecule has 1 saturated heterocycles. The van der Waals surface area contributed by atoms with E-state index in [9.17, 15) is 24.8 Å². The van der Waals surface area contributed by atoms with E-state index in [0.717, 1.165) is 11.0 Å². The van der Waals surface area contributed by atoms with Gasteiger partial charge in [-0.1, -0.05) is 6.07 Å². The summed E-state index contributed by atoms with van der Waals surface area (Å²) in [6.45, 7) is -0.0987. The Balaban J connectivity index is 2.28. The number of hydrogen-bond donors (Lipinski definition) is 2. The van der Waals surface area contributed by atoms with E-state index in [1.807, 2.05) is 0 Å². The van der Waals surface area contributed by atoms with Crippen molar-refractivity contribution in [2.24, 2.45) is 0 Å². The second kappa shape index (κ2) is 5.25. The summed E-state index contributed by atoms with van der Waals surface area (Å²) in [4.78, 5) is 34.3. The van der Waals surface area contributed by atoms with Crippen LogP contribution in [0, 0.1) is 10.1 Å². The van der Waals surface area contributed by atoms with Gasteiger partial charge in [-0.3, -0.25) is 14.9 Å². The van der Waals surface area contributed by atoms with Gasteiger partial charge in [0.15, 0.2) is 0 Å². The molecule has 0 saturated carbocycles. The smallest absolute Gasteiger partial charge is 0.326 e. The summed E-state index contributed by atoms with van der Waals surface area (Å²) in [6.07, 6.45) is -0.950. The average Bonchev–Trinajstić information content (AvgIpc) is 2.80. The molecule has 0 spiro atoms. The van der Waals surface area contributed by atoms with Gasteiger partial charge in [-0.25, -0.2) is 4.79 Å². The zero-order chi connectivity index (χ0) is 14.9. The Labute approximate surface area is 113 Å². The lowest BCUT2D eigenvalue weighted by atomic mass is 10.1. The van der Waals surface area contributed by atoms with Gasteiger partial charge >= 0.3 is 5.97 Å². The Morgan fingerprint density at radius 3 is 2.70 bits per heavy atom. The van der Waals surface area contributed by atoms with Crippen molar-refractivity contribution in [1.29, 1.82) is 0 Å². The maximum absolute atomic E-state index is 12.2. The molecule has 1 aromatic rings. The third-order valence-electron chi connectivity index (χ3n) is 3.13. The van der Waals surface area contributed by atoms with Gasteiger partial charge in [0.25, 0.3) is 11.6 Å². The molecule has 0 radical (unpaired) electrons. The maximum Gasteiger partial charge on any atom is 0.326 e. The van der Waals surface area contributed by atoms with Crippen molar-refractivity contribution >= 4 is 17.6 Å². The topological polar surface area (TPSA) is 121 Å². The number of aliphatic hydroxyl groups is 1. The first-order valence-corrected chi connectivity index (χ1v) is 5.86. The SMILES string of the molecule is O=C(O)[C@@H]1C[C@@H](O)CN1C(=O)c1cccc([N+](=O)[O-])c1. The molecule has 8 heteroatoms. The molecule has 8 nitrogen and oxygen atoms in total. The predicted molar refractivity (Wildman–Crippen MR) is 66.2 cm³/mol. The van der Waals surface area contributed by atoms with Crippen LogP contribution < -0.4 is 0 Å². The lowest BCUT2D eigenvalue weighted by Crippen LogP contribution is -2.40. The summed E-state index contributed by atoms with van der Waals surface area (Å²) < 4.78 is 0. The summed E-state index contributed by atoms with van der Waals surface area (Å²) in [5.41, 5.74) is -0.220. The molecular formula is C12H12N2O6. The number of carboxylic acids is 1. The zero-order valence-electron chi connectivity index (χ0n) is 10.3. The van der Waals surface area contributed by atoms with Crippen LogP contribution in [0.3, 0.4) is 0 Å². The van der Waals surface area contributed by atoms with Crippen molar-refractivity contribution in [3.63, 3.8) is 0 Å². The maximum atomic E-state index is 12.2. The van der Waals surface area contributed by atoms with E-state index in [-0.39, 0.29) is 24.2 Å². The van der Waals surface area contributed by atoms with Crippen LogP contribution in [0.1, 0.15) is 16.8 Å². The fraction of sp³-hybridized carbons (Fsp3) is 0.333. The number of hydrogen-bond acceptors (Lipinski definition) is 5. The van der Waals surface area contributed by atoms with Crippen LogP contribution in [0.25, 0.3) is 0 Å². The Morgan fingerprint density at radius 1 is 1.40 bits per heavy atom. The highest BCUT2D eigenvalue weighted by Gasteiger charge is 2.39. The van der Waals surface area contributed by atoms with Crippen LogP contribution in [0.15, 0.2) is 24.3 Å². The first kappa shape index (κ1) is 13.9. The molecule has 1 amide bonds. The lowest BCUT2D eigenvalue weighted by molar-refractivity contribution is -0.384. The number of nitro benzene ring substituents is 1.